The number of rotatable bonds is 11. The van der Waals surface area contributed by atoms with Crippen LogP contribution >= 0.6 is 0 Å². The minimum Gasteiger partial charge on any atom is -0.461 e. The Hall–Kier alpha value is -3.63. The summed E-state index contributed by atoms with van der Waals surface area (Å²) in [5.74, 6) is 1.60. The number of esters is 1. The van der Waals surface area contributed by atoms with Crippen molar-refractivity contribution in [2.45, 2.75) is 83.8 Å². The van der Waals surface area contributed by atoms with E-state index < -0.39 is 24.0 Å². The van der Waals surface area contributed by atoms with E-state index >= 15 is 0 Å². The summed E-state index contributed by atoms with van der Waals surface area (Å²) >= 11 is 0. The number of nitrogens with one attached hydrogen (secondary N) is 4. The van der Waals surface area contributed by atoms with Crippen LogP contribution in [0.4, 0.5) is 4.79 Å². The number of carbonyl (C=O) groups excluding carboxylic acids is 4. The van der Waals surface area contributed by atoms with Crippen LogP contribution in [-0.4, -0.2) is 68.2 Å². The molecular formula is C32H45N5O6. The number of benzene rings is 1. The van der Waals surface area contributed by atoms with E-state index in [1.54, 1.807) is 38.1 Å². The van der Waals surface area contributed by atoms with Gasteiger partial charge in [0.1, 0.15) is 6.04 Å². The zero-order valence-corrected chi connectivity index (χ0v) is 25.3. The van der Waals surface area contributed by atoms with E-state index in [-0.39, 0.29) is 30.4 Å². The van der Waals surface area contributed by atoms with Crippen molar-refractivity contribution < 1.29 is 28.7 Å². The van der Waals surface area contributed by atoms with Crippen LogP contribution in [0.15, 0.2) is 29.3 Å². The van der Waals surface area contributed by atoms with Gasteiger partial charge in [0.15, 0.2) is 5.96 Å². The number of hydrogen-bond donors (Lipinski definition) is 4. The zero-order valence-electron chi connectivity index (χ0n) is 25.3. The summed E-state index contributed by atoms with van der Waals surface area (Å²) < 4.78 is 11.0. The molecule has 1 aromatic rings. The Labute approximate surface area is 253 Å². The summed E-state index contributed by atoms with van der Waals surface area (Å²) in [6, 6.07) is 5.84. The van der Waals surface area contributed by atoms with Crippen molar-refractivity contribution in [2.24, 2.45) is 28.2 Å². The molecule has 234 valence electrons. The molecule has 11 heteroatoms. The monoisotopic (exact) mass is 595 g/mol. The van der Waals surface area contributed by atoms with Gasteiger partial charge in [-0.1, -0.05) is 12.1 Å². The Morgan fingerprint density at radius 2 is 1.70 bits per heavy atom. The Balaban J connectivity index is 1.09. The number of nitrogens with zero attached hydrogens (tertiary/aromatic N) is 1. The van der Waals surface area contributed by atoms with Gasteiger partial charge in [-0.25, -0.2) is 9.59 Å². The molecular weight excluding hydrogens is 550 g/mol. The minimum atomic E-state index is -1.09. The first kappa shape index (κ1) is 30.8. The van der Waals surface area contributed by atoms with Gasteiger partial charge in [0.05, 0.1) is 12.7 Å². The van der Waals surface area contributed by atoms with Crippen LogP contribution in [0.1, 0.15) is 81.1 Å². The number of amides is 3. The van der Waals surface area contributed by atoms with Gasteiger partial charge < -0.3 is 25.4 Å². The molecule has 0 aromatic heterocycles. The Morgan fingerprint density at radius 1 is 1.02 bits per heavy atom. The third-order valence-electron chi connectivity index (χ3n) is 9.08. The summed E-state index contributed by atoms with van der Waals surface area (Å²) in [4.78, 5) is 54.9. The number of carbonyl (C=O) groups is 4. The second-order valence-electron chi connectivity index (χ2n) is 13.1. The number of guanidine groups is 1. The SMILES string of the molecule is CC(C)OC(=O)[C@H](CNC(=O)c1ccc(CCC(=O)NC2=NCCCN2)cc1)NC(=O)OCC12CC3CC(CC(C3)C1)C2. The predicted molar refractivity (Wildman–Crippen MR) is 160 cm³/mol. The average Bonchev–Trinajstić information content (AvgIpc) is 2.97. The highest BCUT2D eigenvalue weighted by Crippen LogP contribution is 2.60. The fourth-order valence-electron chi connectivity index (χ4n) is 7.57. The molecule has 1 aromatic carbocycles. The van der Waals surface area contributed by atoms with Crippen molar-refractivity contribution in [3.8, 4) is 0 Å². The first-order valence-electron chi connectivity index (χ1n) is 15.8. The van der Waals surface area contributed by atoms with E-state index in [4.69, 9.17) is 9.47 Å². The summed E-state index contributed by atoms with van der Waals surface area (Å²) in [6.07, 6.45) is 7.96. The second-order valence-corrected chi connectivity index (χ2v) is 13.1. The molecule has 0 spiro atoms. The lowest BCUT2D eigenvalue weighted by atomic mass is 9.50. The van der Waals surface area contributed by atoms with E-state index in [2.05, 4.69) is 26.3 Å². The lowest BCUT2D eigenvalue weighted by Gasteiger charge is -2.56. The lowest BCUT2D eigenvalue weighted by Crippen LogP contribution is -2.51. The van der Waals surface area contributed by atoms with Crippen molar-refractivity contribution in [2.75, 3.05) is 26.2 Å². The third-order valence-corrected chi connectivity index (χ3v) is 9.08. The van der Waals surface area contributed by atoms with Crippen LogP contribution in [0.3, 0.4) is 0 Å². The Kier molecular flexibility index (Phi) is 9.87. The molecule has 1 heterocycles. The summed E-state index contributed by atoms with van der Waals surface area (Å²) in [6.45, 7) is 5.17. The molecule has 4 N–H and O–H groups in total. The van der Waals surface area contributed by atoms with Crippen LogP contribution < -0.4 is 21.3 Å². The van der Waals surface area contributed by atoms with Gasteiger partial charge >= 0.3 is 12.1 Å². The van der Waals surface area contributed by atoms with Crippen molar-refractivity contribution in [1.29, 1.82) is 0 Å². The molecule has 4 saturated carbocycles. The van der Waals surface area contributed by atoms with E-state index in [1.807, 2.05) is 0 Å². The number of ether oxygens (including phenoxy) is 2. The normalized spacial score (nSPS) is 26.1. The smallest absolute Gasteiger partial charge is 0.407 e. The minimum absolute atomic E-state index is 0.0611. The van der Waals surface area contributed by atoms with Crippen molar-refractivity contribution in [3.63, 3.8) is 0 Å². The van der Waals surface area contributed by atoms with Gasteiger partial charge in [0.2, 0.25) is 5.91 Å². The molecule has 0 radical (unpaired) electrons. The van der Waals surface area contributed by atoms with E-state index in [9.17, 15) is 19.2 Å². The van der Waals surface area contributed by atoms with E-state index in [1.165, 1.54) is 19.3 Å². The molecule has 4 aliphatic carbocycles. The van der Waals surface area contributed by atoms with Crippen LogP contribution in [-0.2, 0) is 25.5 Å². The fraction of sp³-hybridized carbons (Fsp3) is 0.656. The van der Waals surface area contributed by atoms with Gasteiger partial charge in [-0.2, -0.15) is 0 Å². The summed E-state index contributed by atoms with van der Waals surface area (Å²) in [7, 11) is 0. The van der Waals surface area contributed by atoms with Crippen LogP contribution in [0, 0.1) is 23.2 Å². The van der Waals surface area contributed by atoms with Crippen molar-refractivity contribution in [3.05, 3.63) is 35.4 Å². The molecule has 6 rings (SSSR count). The topological polar surface area (TPSA) is 147 Å². The molecule has 5 aliphatic rings. The maximum absolute atomic E-state index is 12.9. The number of aliphatic imine (C=N–C) groups is 1. The van der Waals surface area contributed by atoms with E-state index in [0.29, 0.717) is 31.1 Å². The molecule has 1 aliphatic heterocycles. The lowest BCUT2D eigenvalue weighted by molar-refractivity contribution is -0.149. The first-order valence-corrected chi connectivity index (χ1v) is 15.8. The maximum atomic E-state index is 12.9. The van der Waals surface area contributed by atoms with Gasteiger partial charge in [-0.05, 0) is 101 Å². The molecule has 4 bridgehead atoms. The van der Waals surface area contributed by atoms with Crippen LogP contribution in [0.25, 0.3) is 0 Å². The second kappa shape index (κ2) is 13.8. The van der Waals surface area contributed by atoms with Gasteiger partial charge in [-0.3, -0.25) is 19.9 Å². The van der Waals surface area contributed by atoms with Crippen molar-refractivity contribution >= 4 is 29.8 Å². The maximum Gasteiger partial charge on any atom is 0.407 e. The molecule has 3 amide bonds. The molecule has 11 nitrogen and oxygen atoms in total. The number of hydrogen-bond acceptors (Lipinski definition) is 8. The zero-order chi connectivity index (χ0) is 30.4. The summed E-state index contributed by atoms with van der Waals surface area (Å²) in [5, 5.41) is 11.2. The average molecular weight is 596 g/mol. The van der Waals surface area contributed by atoms with Crippen LogP contribution in [0.2, 0.25) is 0 Å². The Bertz CT molecular complexity index is 1180. The van der Waals surface area contributed by atoms with Gasteiger partial charge in [0, 0.05) is 37.0 Å². The molecule has 43 heavy (non-hydrogen) atoms. The standard InChI is InChI=1S/C32H45N5O6/c1-20(2)43-29(40)26(36-31(41)42-19-32-15-22-12-23(16-32)14-24(13-22)17-32)18-35-28(39)25-7-4-21(5-8-25)6-9-27(38)37-30-33-10-3-11-34-30/h4-5,7-8,20,22-24,26H,3,6,9-19H2,1-2H3,(H,35,39)(H,36,41)(H2,33,34,37,38)/t22?,23?,24?,26-,32?/m0/s1. The third kappa shape index (κ3) is 8.48. The van der Waals surface area contributed by atoms with Gasteiger partial charge in [0.25, 0.3) is 5.91 Å². The molecule has 0 saturated heterocycles. The first-order chi connectivity index (χ1) is 20.7. The quantitative estimate of drug-likeness (QED) is 0.288. The highest BCUT2D eigenvalue weighted by Gasteiger charge is 2.51. The Morgan fingerprint density at radius 3 is 2.30 bits per heavy atom. The highest BCUT2D eigenvalue weighted by molar-refractivity contribution is 5.97. The fourth-order valence-corrected chi connectivity index (χ4v) is 7.57. The van der Waals surface area contributed by atoms with E-state index in [0.717, 1.165) is 55.5 Å². The molecule has 1 atom stereocenters. The molecule has 0 unspecified atom stereocenters. The van der Waals surface area contributed by atoms with Crippen molar-refractivity contribution in [1.82, 2.24) is 21.3 Å². The largest absolute Gasteiger partial charge is 0.461 e. The van der Waals surface area contributed by atoms with Crippen LogP contribution in [0.5, 0.6) is 0 Å². The molecule has 4 fully saturated rings. The number of aryl methyl sites for hydroxylation is 1. The van der Waals surface area contributed by atoms with Gasteiger partial charge in [-0.15, -0.1) is 0 Å². The highest BCUT2D eigenvalue weighted by atomic mass is 16.6. The summed E-state index contributed by atoms with van der Waals surface area (Å²) in [5.41, 5.74) is 1.37. The predicted octanol–water partition coefficient (Wildman–Crippen LogP) is 3.08. The number of alkyl carbamates (subject to hydrolysis) is 1.